The molecule has 7 nitrogen and oxygen atoms in total. The molecule has 0 spiro atoms. The first-order chi connectivity index (χ1) is 15.4. The van der Waals surface area contributed by atoms with Crippen LogP contribution in [0.25, 0.3) is 10.4 Å². The quantitative estimate of drug-likeness (QED) is 0.521. The summed E-state index contributed by atoms with van der Waals surface area (Å²) in [5.41, 5.74) is 1.31. The molecule has 0 aliphatic carbocycles. The summed E-state index contributed by atoms with van der Waals surface area (Å²) in [5, 5.41) is 2.67. The number of esters is 1. The SMILES string of the molecule is COc1cccc(NC(=O)CN(C)C(=O)COC(=O)c2ccc(-c3ccc(F)cc3)s2)c1. The van der Waals surface area contributed by atoms with Crippen LogP contribution in [-0.4, -0.2) is 50.0 Å². The van der Waals surface area contributed by atoms with Crippen molar-refractivity contribution < 1.29 is 28.2 Å². The lowest BCUT2D eigenvalue weighted by Gasteiger charge is -2.16. The fourth-order valence-electron chi connectivity index (χ4n) is 2.73. The second kappa shape index (κ2) is 10.5. The van der Waals surface area contributed by atoms with E-state index in [9.17, 15) is 18.8 Å². The number of carbonyl (C=O) groups is 3. The third-order valence-electron chi connectivity index (χ3n) is 4.42. The zero-order valence-corrected chi connectivity index (χ0v) is 18.3. The molecule has 0 radical (unpaired) electrons. The van der Waals surface area contributed by atoms with Gasteiger partial charge in [-0.2, -0.15) is 0 Å². The molecule has 9 heteroatoms. The molecule has 3 aromatic rings. The minimum atomic E-state index is -0.647. The van der Waals surface area contributed by atoms with E-state index >= 15 is 0 Å². The number of anilines is 1. The van der Waals surface area contributed by atoms with Gasteiger partial charge in [0.15, 0.2) is 6.61 Å². The summed E-state index contributed by atoms with van der Waals surface area (Å²) in [6.45, 7) is -0.702. The van der Waals surface area contributed by atoms with E-state index in [1.807, 2.05) is 0 Å². The van der Waals surface area contributed by atoms with Crippen LogP contribution in [-0.2, 0) is 14.3 Å². The number of nitrogens with zero attached hydrogens (tertiary/aromatic N) is 1. The van der Waals surface area contributed by atoms with Crippen LogP contribution in [0.4, 0.5) is 10.1 Å². The highest BCUT2D eigenvalue weighted by Crippen LogP contribution is 2.28. The van der Waals surface area contributed by atoms with Gasteiger partial charge in [-0.25, -0.2) is 9.18 Å². The topological polar surface area (TPSA) is 84.9 Å². The second-order valence-corrected chi connectivity index (χ2v) is 7.86. The van der Waals surface area contributed by atoms with Gasteiger partial charge in [0, 0.05) is 23.7 Å². The molecule has 1 N–H and O–H groups in total. The molecule has 0 unspecified atom stereocenters. The van der Waals surface area contributed by atoms with E-state index in [1.165, 1.54) is 42.5 Å². The maximum Gasteiger partial charge on any atom is 0.348 e. The molecule has 0 aliphatic rings. The molecule has 0 fully saturated rings. The third kappa shape index (κ3) is 6.14. The second-order valence-electron chi connectivity index (χ2n) is 6.78. The van der Waals surface area contributed by atoms with Crippen molar-refractivity contribution in [1.29, 1.82) is 0 Å². The van der Waals surface area contributed by atoms with Crippen LogP contribution in [0.3, 0.4) is 0 Å². The number of ether oxygens (including phenoxy) is 2. The highest BCUT2D eigenvalue weighted by atomic mass is 32.1. The Hall–Kier alpha value is -3.72. The monoisotopic (exact) mass is 456 g/mol. The van der Waals surface area contributed by atoms with E-state index in [-0.39, 0.29) is 12.4 Å². The lowest BCUT2D eigenvalue weighted by Crippen LogP contribution is -2.37. The molecular formula is C23H21FN2O5S. The summed E-state index contributed by atoms with van der Waals surface area (Å²) >= 11 is 1.18. The molecule has 0 bridgehead atoms. The van der Waals surface area contributed by atoms with Crippen molar-refractivity contribution in [3.63, 3.8) is 0 Å². The number of thiophene rings is 1. The van der Waals surface area contributed by atoms with Crippen molar-refractivity contribution in [3.8, 4) is 16.2 Å². The van der Waals surface area contributed by atoms with Crippen molar-refractivity contribution in [3.05, 3.63) is 71.4 Å². The molecule has 3 rings (SSSR count). The fraction of sp³-hybridized carbons (Fsp3) is 0.174. The fourth-order valence-corrected chi connectivity index (χ4v) is 3.64. The molecule has 0 saturated carbocycles. The van der Waals surface area contributed by atoms with E-state index in [2.05, 4.69) is 5.32 Å². The minimum absolute atomic E-state index is 0.207. The zero-order valence-electron chi connectivity index (χ0n) is 17.5. The highest BCUT2D eigenvalue weighted by molar-refractivity contribution is 7.17. The molecule has 1 heterocycles. The Kier molecular flexibility index (Phi) is 7.56. The Labute approximate surface area is 188 Å². The summed E-state index contributed by atoms with van der Waals surface area (Å²) in [6.07, 6.45) is 0. The Balaban J connectivity index is 1.48. The van der Waals surface area contributed by atoms with Crippen molar-refractivity contribution in [2.75, 3.05) is 32.6 Å². The number of hydrogen-bond acceptors (Lipinski definition) is 6. The minimum Gasteiger partial charge on any atom is -0.497 e. The number of likely N-dealkylation sites (N-methyl/N-ethyl adjacent to an activating group) is 1. The number of carbonyl (C=O) groups excluding carboxylic acids is 3. The Morgan fingerprint density at radius 1 is 1.06 bits per heavy atom. The molecule has 1 aromatic heterocycles. The summed E-state index contributed by atoms with van der Waals surface area (Å²) in [7, 11) is 2.97. The van der Waals surface area contributed by atoms with Crippen molar-refractivity contribution in [1.82, 2.24) is 4.90 Å². The number of nitrogens with one attached hydrogen (secondary N) is 1. The third-order valence-corrected chi connectivity index (χ3v) is 5.54. The van der Waals surface area contributed by atoms with Crippen LogP contribution in [0, 0.1) is 5.82 Å². The van der Waals surface area contributed by atoms with Crippen LogP contribution in [0.15, 0.2) is 60.7 Å². The summed E-state index contributed by atoms with van der Waals surface area (Å²) in [5.74, 6) is -1.32. The van der Waals surface area contributed by atoms with E-state index in [0.29, 0.717) is 16.3 Å². The maximum atomic E-state index is 13.1. The normalized spacial score (nSPS) is 10.3. The average Bonchev–Trinajstić information content (AvgIpc) is 3.28. The van der Waals surface area contributed by atoms with Gasteiger partial charge in [-0.1, -0.05) is 18.2 Å². The Morgan fingerprint density at radius 3 is 2.53 bits per heavy atom. The average molecular weight is 456 g/mol. The summed E-state index contributed by atoms with van der Waals surface area (Å²) < 4.78 is 23.2. The highest BCUT2D eigenvalue weighted by Gasteiger charge is 2.17. The van der Waals surface area contributed by atoms with Gasteiger partial charge in [0.05, 0.1) is 13.7 Å². The molecular weight excluding hydrogens is 435 g/mol. The van der Waals surface area contributed by atoms with E-state index in [0.717, 1.165) is 10.4 Å². The maximum absolute atomic E-state index is 13.1. The van der Waals surface area contributed by atoms with Crippen LogP contribution in [0.1, 0.15) is 9.67 Å². The number of hydrogen-bond donors (Lipinski definition) is 1. The number of rotatable bonds is 8. The van der Waals surface area contributed by atoms with Gasteiger partial charge in [-0.3, -0.25) is 9.59 Å². The molecule has 32 heavy (non-hydrogen) atoms. The van der Waals surface area contributed by atoms with Crippen LogP contribution >= 0.6 is 11.3 Å². The Bertz CT molecular complexity index is 1110. The lowest BCUT2D eigenvalue weighted by atomic mass is 10.2. The summed E-state index contributed by atoms with van der Waals surface area (Å²) in [6, 6.07) is 16.1. The van der Waals surface area contributed by atoms with Crippen LogP contribution in [0.2, 0.25) is 0 Å². The van der Waals surface area contributed by atoms with Crippen LogP contribution < -0.4 is 10.1 Å². The van der Waals surface area contributed by atoms with Crippen molar-refractivity contribution in [2.45, 2.75) is 0 Å². The van der Waals surface area contributed by atoms with E-state index in [4.69, 9.17) is 9.47 Å². The lowest BCUT2D eigenvalue weighted by molar-refractivity contribution is -0.136. The smallest absolute Gasteiger partial charge is 0.348 e. The van der Waals surface area contributed by atoms with Gasteiger partial charge in [-0.05, 0) is 42.0 Å². The number of methoxy groups -OCH3 is 1. The van der Waals surface area contributed by atoms with E-state index in [1.54, 1.807) is 48.5 Å². The first kappa shape index (κ1) is 23.0. The molecule has 0 saturated heterocycles. The van der Waals surface area contributed by atoms with E-state index < -0.39 is 24.4 Å². The van der Waals surface area contributed by atoms with Crippen molar-refractivity contribution in [2.24, 2.45) is 0 Å². The zero-order chi connectivity index (χ0) is 23.1. The molecule has 2 amide bonds. The number of halogens is 1. The Morgan fingerprint density at radius 2 is 1.81 bits per heavy atom. The van der Waals surface area contributed by atoms with Gasteiger partial charge in [0.2, 0.25) is 5.91 Å². The van der Waals surface area contributed by atoms with Gasteiger partial charge >= 0.3 is 5.97 Å². The number of benzene rings is 2. The molecule has 0 aliphatic heterocycles. The van der Waals surface area contributed by atoms with Gasteiger partial charge in [0.25, 0.3) is 5.91 Å². The van der Waals surface area contributed by atoms with Gasteiger partial charge < -0.3 is 19.7 Å². The molecule has 166 valence electrons. The van der Waals surface area contributed by atoms with Gasteiger partial charge in [-0.15, -0.1) is 11.3 Å². The largest absolute Gasteiger partial charge is 0.497 e. The standard InChI is InChI=1S/C23H21FN2O5S/c1-26(13-21(27)25-17-4-3-5-18(12-17)30-2)22(28)14-31-23(29)20-11-10-19(32-20)15-6-8-16(24)9-7-15/h3-12H,13-14H2,1-2H3,(H,25,27). The predicted molar refractivity (Wildman–Crippen MR) is 119 cm³/mol. The molecule has 0 atom stereocenters. The molecule has 2 aromatic carbocycles. The van der Waals surface area contributed by atoms with Crippen LogP contribution in [0.5, 0.6) is 5.75 Å². The predicted octanol–water partition coefficient (Wildman–Crippen LogP) is 3.82. The summed E-state index contributed by atoms with van der Waals surface area (Å²) in [4.78, 5) is 38.9. The number of amides is 2. The first-order valence-corrected chi connectivity index (χ1v) is 10.4. The van der Waals surface area contributed by atoms with Gasteiger partial charge in [0.1, 0.15) is 16.4 Å². The first-order valence-electron chi connectivity index (χ1n) is 9.56. The van der Waals surface area contributed by atoms with Crippen molar-refractivity contribution >= 4 is 34.8 Å².